The molecule has 5 heteroatoms. The molecule has 1 aliphatic heterocycles. The quantitative estimate of drug-likeness (QED) is 0.667. The Labute approximate surface area is 121 Å². The van der Waals surface area contributed by atoms with Crippen LogP contribution in [0.2, 0.25) is 0 Å². The molecule has 0 aromatic heterocycles. The van der Waals surface area contributed by atoms with E-state index in [0.717, 1.165) is 16.9 Å². The summed E-state index contributed by atoms with van der Waals surface area (Å²) in [5, 5.41) is 3.40. The van der Waals surface area contributed by atoms with Crippen LogP contribution in [-0.4, -0.2) is 4.99 Å². The van der Waals surface area contributed by atoms with Crippen LogP contribution in [0.4, 0.5) is 11.4 Å². The average Bonchev–Trinajstić information content (AvgIpc) is 2.35. The molecule has 0 spiro atoms. The number of benzene rings is 2. The van der Waals surface area contributed by atoms with Gasteiger partial charge in [-0.2, -0.15) is 0 Å². The lowest BCUT2D eigenvalue weighted by atomic mass is 10.2. The fourth-order valence-corrected chi connectivity index (χ4v) is 2.89. The minimum atomic E-state index is 0. The van der Waals surface area contributed by atoms with E-state index in [1.807, 2.05) is 24.3 Å². The summed E-state index contributed by atoms with van der Waals surface area (Å²) in [5.41, 5.74) is 8.73. The number of halogens is 1. The van der Waals surface area contributed by atoms with Gasteiger partial charge in [-0.1, -0.05) is 42.2 Å². The Morgan fingerprint density at radius 1 is 1.06 bits per heavy atom. The van der Waals surface area contributed by atoms with Crippen LogP contribution < -0.4 is 11.1 Å². The maximum atomic E-state index is 5.64. The van der Waals surface area contributed by atoms with E-state index in [0.29, 0.717) is 4.99 Å². The summed E-state index contributed by atoms with van der Waals surface area (Å²) in [4.78, 5) is 2.87. The zero-order chi connectivity index (χ0) is 11.8. The monoisotopic (exact) mass is 294 g/mol. The molecule has 1 heterocycles. The summed E-state index contributed by atoms with van der Waals surface area (Å²) >= 11 is 6.74. The van der Waals surface area contributed by atoms with Gasteiger partial charge in [0.2, 0.25) is 0 Å². The molecular weight excluding hydrogens is 284 g/mol. The lowest BCUT2D eigenvalue weighted by Crippen LogP contribution is -2.10. The first kappa shape index (κ1) is 13.2. The summed E-state index contributed by atoms with van der Waals surface area (Å²) in [6.07, 6.45) is 0. The van der Waals surface area contributed by atoms with Crippen molar-refractivity contribution >= 4 is 52.8 Å². The second kappa shape index (κ2) is 5.18. The van der Waals surface area contributed by atoms with Gasteiger partial charge in [0.1, 0.15) is 4.99 Å². The van der Waals surface area contributed by atoms with Crippen molar-refractivity contribution < 1.29 is 0 Å². The highest BCUT2D eigenvalue weighted by atomic mass is 35.5. The molecule has 2 aromatic carbocycles. The van der Waals surface area contributed by atoms with Gasteiger partial charge in [-0.25, -0.2) is 0 Å². The van der Waals surface area contributed by atoms with E-state index < -0.39 is 0 Å². The van der Waals surface area contributed by atoms with E-state index in [-0.39, 0.29) is 12.4 Å². The molecule has 0 aliphatic carbocycles. The fraction of sp³-hybridized carbons (Fsp3) is 0. The Morgan fingerprint density at radius 2 is 1.78 bits per heavy atom. The molecule has 0 saturated heterocycles. The van der Waals surface area contributed by atoms with Gasteiger partial charge >= 0.3 is 0 Å². The molecule has 0 bridgehead atoms. The first-order chi connectivity index (χ1) is 8.24. The lowest BCUT2D eigenvalue weighted by molar-refractivity contribution is 1.31. The third kappa shape index (κ3) is 2.32. The topological polar surface area (TPSA) is 38.0 Å². The zero-order valence-electron chi connectivity index (χ0n) is 9.34. The minimum absolute atomic E-state index is 0. The van der Waals surface area contributed by atoms with Gasteiger partial charge in [-0.05, 0) is 24.3 Å². The second-order valence-corrected chi connectivity index (χ2v) is 5.32. The van der Waals surface area contributed by atoms with Crippen LogP contribution in [0.3, 0.4) is 0 Å². The van der Waals surface area contributed by atoms with Gasteiger partial charge in [0, 0.05) is 15.4 Å². The highest BCUT2D eigenvalue weighted by Crippen LogP contribution is 2.43. The van der Waals surface area contributed by atoms with Crippen molar-refractivity contribution in [3.05, 3.63) is 48.0 Å². The van der Waals surface area contributed by atoms with Crippen LogP contribution >= 0.6 is 36.4 Å². The van der Waals surface area contributed by atoms with Gasteiger partial charge in [0.05, 0.1) is 11.4 Å². The summed E-state index contributed by atoms with van der Waals surface area (Å²) in [7, 11) is 0. The third-order valence-corrected chi connectivity index (χ3v) is 4.03. The Balaban J connectivity index is 0.00000120. The maximum absolute atomic E-state index is 5.64. The van der Waals surface area contributed by atoms with E-state index in [2.05, 4.69) is 23.5 Å². The van der Waals surface area contributed by atoms with Crippen LogP contribution in [0.25, 0.3) is 0 Å². The van der Waals surface area contributed by atoms with Gasteiger partial charge in [0.25, 0.3) is 0 Å². The van der Waals surface area contributed by atoms with Gasteiger partial charge in [-0.3, -0.25) is 0 Å². The van der Waals surface area contributed by atoms with E-state index in [1.54, 1.807) is 11.8 Å². The highest BCUT2D eigenvalue weighted by molar-refractivity contribution is 7.99. The van der Waals surface area contributed by atoms with Crippen molar-refractivity contribution in [1.29, 1.82) is 0 Å². The van der Waals surface area contributed by atoms with E-state index in [1.165, 1.54) is 9.79 Å². The average molecular weight is 295 g/mol. The number of anilines is 2. The first-order valence-electron chi connectivity index (χ1n) is 5.22. The third-order valence-electron chi connectivity index (χ3n) is 2.64. The van der Waals surface area contributed by atoms with Crippen molar-refractivity contribution in [2.75, 3.05) is 5.32 Å². The Morgan fingerprint density at radius 3 is 2.56 bits per heavy atom. The fourth-order valence-electron chi connectivity index (χ4n) is 1.79. The van der Waals surface area contributed by atoms with Crippen molar-refractivity contribution in [1.82, 2.24) is 0 Å². The summed E-state index contributed by atoms with van der Waals surface area (Å²) in [6.45, 7) is 0. The maximum Gasteiger partial charge on any atom is 0.104 e. The molecule has 2 nitrogen and oxygen atoms in total. The van der Waals surface area contributed by atoms with E-state index in [9.17, 15) is 0 Å². The Hall–Kier alpha value is -1.23. The van der Waals surface area contributed by atoms with Crippen LogP contribution in [0.5, 0.6) is 0 Å². The zero-order valence-corrected chi connectivity index (χ0v) is 11.8. The number of para-hydroxylation sites is 1. The van der Waals surface area contributed by atoms with Crippen LogP contribution in [-0.2, 0) is 0 Å². The standard InChI is InChI=1S/C13H10N2S2.ClH/c14-13(16)8-5-6-12-10(7-8)15-9-3-1-2-4-11(9)17-12;/h1-7,15H,(H2,14,16);1H. The molecule has 18 heavy (non-hydrogen) atoms. The van der Waals surface area contributed by atoms with Crippen molar-refractivity contribution in [2.45, 2.75) is 9.79 Å². The van der Waals surface area contributed by atoms with Gasteiger partial charge < -0.3 is 11.1 Å². The molecule has 0 radical (unpaired) electrons. The molecule has 0 fully saturated rings. The van der Waals surface area contributed by atoms with Gasteiger partial charge in [0.15, 0.2) is 0 Å². The number of fused-ring (bicyclic) bond motifs is 2. The predicted octanol–water partition coefficient (Wildman–Crippen LogP) is 3.95. The molecular formula is C13H11ClN2S2. The number of thiocarbonyl (C=S) groups is 1. The summed E-state index contributed by atoms with van der Waals surface area (Å²) < 4.78 is 0. The molecule has 0 atom stereocenters. The van der Waals surface area contributed by atoms with E-state index >= 15 is 0 Å². The van der Waals surface area contributed by atoms with Crippen molar-refractivity contribution in [2.24, 2.45) is 5.73 Å². The molecule has 92 valence electrons. The van der Waals surface area contributed by atoms with Crippen molar-refractivity contribution in [3.63, 3.8) is 0 Å². The van der Waals surface area contributed by atoms with Crippen LogP contribution in [0, 0.1) is 0 Å². The first-order valence-corrected chi connectivity index (χ1v) is 6.44. The number of hydrogen-bond donors (Lipinski definition) is 2. The molecule has 3 N–H and O–H groups in total. The molecule has 0 unspecified atom stereocenters. The number of hydrogen-bond acceptors (Lipinski definition) is 3. The highest BCUT2D eigenvalue weighted by Gasteiger charge is 2.15. The number of rotatable bonds is 1. The molecule has 2 aromatic rings. The van der Waals surface area contributed by atoms with Crippen LogP contribution in [0.1, 0.15) is 5.56 Å². The van der Waals surface area contributed by atoms with Gasteiger partial charge in [-0.15, -0.1) is 12.4 Å². The molecule has 0 saturated carbocycles. The van der Waals surface area contributed by atoms with Crippen molar-refractivity contribution in [3.8, 4) is 0 Å². The lowest BCUT2D eigenvalue weighted by Gasteiger charge is -2.21. The minimum Gasteiger partial charge on any atom is -0.389 e. The molecule has 1 aliphatic rings. The summed E-state index contributed by atoms with van der Waals surface area (Å²) in [6, 6.07) is 14.3. The largest absolute Gasteiger partial charge is 0.389 e. The summed E-state index contributed by atoms with van der Waals surface area (Å²) in [5.74, 6) is 0. The molecule has 0 amide bonds. The molecule has 3 rings (SSSR count). The smallest absolute Gasteiger partial charge is 0.104 e. The van der Waals surface area contributed by atoms with Crippen LogP contribution in [0.15, 0.2) is 52.3 Å². The normalized spacial score (nSPS) is 11.6. The number of nitrogens with two attached hydrogens (primary N) is 1. The Bertz CT molecular complexity index is 614. The Kier molecular flexibility index (Phi) is 3.80. The SMILES string of the molecule is Cl.NC(=S)c1ccc2c(c1)Nc1ccccc1S2. The van der Waals surface area contributed by atoms with E-state index in [4.69, 9.17) is 18.0 Å². The number of nitrogens with one attached hydrogen (secondary N) is 1. The second-order valence-electron chi connectivity index (χ2n) is 3.80. The predicted molar refractivity (Wildman–Crippen MR) is 83.4 cm³/mol.